The monoisotopic (exact) mass is 544 g/mol. The standard InChI is InChI=1S/C22H16N4O7S3/c1-3-24-12-8-11(23-2)4-5-13(12)33-15(24)7-6-14-19(31)25(9-16(27)28)21(35-14)18-20(32)26(10-17(29)30)22(34)36-18/h4-8H,3,9-10H2,1H3,(H,27,28)(H,29,30). The summed E-state index contributed by atoms with van der Waals surface area (Å²) in [6.07, 6.45) is 3.02. The van der Waals surface area contributed by atoms with Gasteiger partial charge in [0.1, 0.15) is 27.0 Å². The minimum atomic E-state index is -1.29. The molecule has 2 aliphatic rings. The first-order valence-electron chi connectivity index (χ1n) is 10.2. The van der Waals surface area contributed by atoms with Gasteiger partial charge in [-0.2, -0.15) is 0 Å². The van der Waals surface area contributed by atoms with E-state index in [0.717, 1.165) is 32.6 Å². The molecule has 2 aromatic rings. The third-order valence-corrected chi connectivity index (χ3v) is 7.79. The summed E-state index contributed by atoms with van der Waals surface area (Å²) in [6.45, 7) is 8.29. The maximum absolute atomic E-state index is 13.1. The van der Waals surface area contributed by atoms with E-state index in [0.29, 0.717) is 29.6 Å². The van der Waals surface area contributed by atoms with Crippen LogP contribution in [0, 0.1) is 6.57 Å². The fourth-order valence-corrected chi connectivity index (χ4v) is 5.99. The van der Waals surface area contributed by atoms with Gasteiger partial charge in [-0.15, -0.1) is 11.3 Å². The molecule has 0 saturated carbocycles. The van der Waals surface area contributed by atoms with Crippen molar-refractivity contribution in [2.75, 3.05) is 18.0 Å². The van der Waals surface area contributed by atoms with Crippen molar-refractivity contribution < 1.29 is 29.3 Å². The number of amides is 1. The molecule has 1 aromatic heterocycles. The predicted molar refractivity (Wildman–Crippen MR) is 137 cm³/mol. The van der Waals surface area contributed by atoms with Gasteiger partial charge in [0.05, 0.1) is 16.8 Å². The topological polar surface area (TPSA) is 134 Å². The lowest BCUT2D eigenvalue weighted by molar-refractivity contribution is -0.140. The highest BCUT2D eigenvalue weighted by Crippen LogP contribution is 2.41. The normalized spacial score (nSPS) is 18.0. The number of rotatable bonds is 6. The highest BCUT2D eigenvalue weighted by molar-refractivity contribution is 8.30. The number of carbonyl (C=O) groups is 3. The molecular weight excluding hydrogens is 528 g/mol. The van der Waals surface area contributed by atoms with Crippen LogP contribution in [0.25, 0.3) is 15.8 Å². The molecule has 3 heterocycles. The number of thiazole rings is 1. The van der Waals surface area contributed by atoms with Gasteiger partial charge in [-0.05, 0) is 25.1 Å². The zero-order chi connectivity index (χ0) is 26.1. The Morgan fingerprint density at radius 1 is 1.17 bits per heavy atom. The molecule has 36 heavy (non-hydrogen) atoms. The minimum absolute atomic E-state index is 0.00209. The molecule has 1 aromatic carbocycles. The molecule has 1 amide bonds. The van der Waals surface area contributed by atoms with E-state index >= 15 is 0 Å². The van der Waals surface area contributed by atoms with E-state index in [1.165, 1.54) is 6.08 Å². The van der Waals surface area contributed by atoms with Gasteiger partial charge in [0.15, 0.2) is 11.4 Å². The summed E-state index contributed by atoms with van der Waals surface area (Å²) >= 11 is 6.82. The Morgan fingerprint density at radius 3 is 2.53 bits per heavy atom. The van der Waals surface area contributed by atoms with Crippen molar-refractivity contribution in [3.8, 4) is 5.75 Å². The molecule has 0 unspecified atom stereocenters. The Bertz CT molecular complexity index is 1580. The smallest absolute Gasteiger partial charge is 0.323 e. The van der Waals surface area contributed by atoms with Crippen molar-refractivity contribution in [3.05, 3.63) is 61.1 Å². The van der Waals surface area contributed by atoms with Gasteiger partial charge in [0.2, 0.25) is 5.88 Å². The van der Waals surface area contributed by atoms with Crippen LogP contribution in [-0.2, 0) is 20.9 Å². The first kappa shape index (κ1) is 25.2. The van der Waals surface area contributed by atoms with Gasteiger partial charge in [0, 0.05) is 12.6 Å². The fourth-order valence-electron chi connectivity index (χ4n) is 3.54. The number of thioether (sulfide) groups is 1. The van der Waals surface area contributed by atoms with E-state index in [1.807, 2.05) is 11.8 Å². The lowest BCUT2D eigenvalue weighted by atomic mass is 10.2. The number of ether oxygens (including phenoxy) is 1. The minimum Gasteiger partial charge on any atom is -0.480 e. The number of nitrogens with zero attached hydrogens (tertiary/aromatic N) is 4. The lowest BCUT2D eigenvalue weighted by Gasteiger charge is -2.15. The molecule has 0 aliphatic carbocycles. The Balaban J connectivity index is 1.82. The lowest BCUT2D eigenvalue weighted by Crippen LogP contribution is -2.36. The maximum atomic E-state index is 13.1. The molecule has 0 radical (unpaired) electrons. The maximum Gasteiger partial charge on any atom is 0.323 e. The molecule has 0 spiro atoms. The first-order chi connectivity index (χ1) is 17.1. The van der Waals surface area contributed by atoms with Crippen LogP contribution < -0.4 is 24.4 Å². The number of fused-ring (bicyclic) bond motifs is 1. The van der Waals surface area contributed by atoms with Gasteiger partial charge in [-0.25, -0.2) is 4.85 Å². The second kappa shape index (κ2) is 9.97. The highest BCUT2D eigenvalue weighted by Gasteiger charge is 2.35. The van der Waals surface area contributed by atoms with E-state index in [-0.39, 0.29) is 18.4 Å². The number of carboxylic acid groups (broad SMARTS) is 2. The van der Waals surface area contributed by atoms with Gasteiger partial charge < -0.3 is 19.8 Å². The van der Waals surface area contributed by atoms with Crippen LogP contribution in [-0.4, -0.2) is 54.9 Å². The molecule has 4 rings (SSSR count). The van der Waals surface area contributed by atoms with E-state index in [4.69, 9.17) is 28.6 Å². The number of carbonyl (C=O) groups excluding carboxylic acids is 1. The second-order valence-corrected chi connectivity index (χ2v) is 10.00. The average Bonchev–Trinajstić information content (AvgIpc) is 3.43. The Kier molecular flexibility index (Phi) is 6.97. The van der Waals surface area contributed by atoms with Crippen LogP contribution >= 0.6 is 35.3 Å². The molecule has 2 aliphatic heterocycles. The second-order valence-electron chi connectivity index (χ2n) is 7.32. The zero-order valence-corrected chi connectivity index (χ0v) is 20.9. The third kappa shape index (κ3) is 4.63. The number of allylic oxidation sites excluding steroid dienone is 1. The van der Waals surface area contributed by atoms with Crippen LogP contribution in [0.2, 0.25) is 0 Å². The van der Waals surface area contributed by atoms with E-state index in [2.05, 4.69) is 4.85 Å². The number of hydrogen-bond acceptors (Lipinski definition) is 9. The number of thiocarbonyl (C=S) groups is 1. The average molecular weight is 545 g/mol. The molecule has 1 saturated heterocycles. The fraction of sp³-hybridized carbons (Fsp3) is 0.182. The van der Waals surface area contributed by atoms with Crippen molar-refractivity contribution in [1.82, 2.24) is 9.47 Å². The van der Waals surface area contributed by atoms with E-state index in [9.17, 15) is 24.3 Å². The van der Waals surface area contributed by atoms with E-state index in [1.54, 1.807) is 24.3 Å². The molecule has 0 atom stereocenters. The largest absolute Gasteiger partial charge is 0.480 e. The number of carboxylic acids is 2. The summed E-state index contributed by atoms with van der Waals surface area (Å²) in [4.78, 5) is 54.6. The SMILES string of the molecule is [C-]#[N+]c1ccc2c(c1)N(CC)C(=CC=c1sc(=C3SC(=S)N(CC(=O)O)C3=O)n(CC(=O)O)c1=O)O2. The molecule has 1 fully saturated rings. The summed E-state index contributed by atoms with van der Waals surface area (Å²) < 4.78 is 7.03. The van der Waals surface area contributed by atoms with Crippen LogP contribution in [0.3, 0.4) is 0 Å². The summed E-state index contributed by atoms with van der Waals surface area (Å²) in [5.41, 5.74) is 0.522. The van der Waals surface area contributed by atoms with Crippen molar-refractivity contribution >= 4 is 79.8 Å². The molecule has 2 N–H and O–H groups in total. The van der Waals surface area contributed by atoms with Crippen molar-refractivity contribution in [2.24, 2.45) is 0 Å². The quantitative estimate of drug-likeness (QED) is 0.403. The highest BCUT2D eigenvalue weighted by atomic mass is 32.2. The molecular formula is C22H16N4O7S3. The number of benzene rings is 1. The summed E-state index contributed by atoms with van der Waals surface area (Å²) in [6, 6.07) is 5.01. The molecule has 11 nitrogen and oxygen atoms in total. The molecule has 14 heteroatoms. The van der Waals surface area contributed by atoms with Crippen LogP contribution in [0.1, 0.15) is 6.92 Å². The number of aromatic nitrogens is 1. The summed E-state index contributed by atoms with van der Waals surface area (Å²) in [5, 5.41) is 18.4. The van der Waals surface area contributed by atoms with Gasteiger partial charge in [-0.3, -0.25) is 28.6 Å². The Labute approximate surface area is 216 Å². The van der Waals surface area contributed by atoms with Crippen molar-refractivity contribution in [2.45, 2.75) is 13.5 Å². The van der Waals surface area contributed by atoms with E-state index < -0.39 is 36.5 Å². The van der Waals surface area contributed by atoms with Crippen LogP contribution in [0.15, 0.2) is 35.0 Å². The summed E-state index contributed by atoms with van der Waals surface area (Å²) in [5.74, 6) is -2.30. The summed E-state index contributed by atoms with van der Waals surface area (Å²) in [7, 11) is 0. The number of aliphatic carboxylic acids is 2. The number of hydrogen-bond donors (Lipinski definition) is 2. The first-order valence-corrected chi connectivity index (χ1v) is 12.3. The van der Waals surface area contributed by atoms with Gasteiger partial charge >= 0.3 is 11.9 Å². The zero-order valence-electron chi connectivity index (χ0n) is 18.5. The third-order valence-electron chi connectivity index (χ3n) is 5.07. The predicted octanol–water partition coefficient (Wildman–Crippen LogP) is 1.14. The van der Waals surface area contributed by atoms with Crippen molar-refractivity contribution in [1.29, 1.82) is 0 Å². The molecule has 0 bridgehead atoms. The molecule has 184 valence electrons. The van der Waals surface area contributed by atoms with Gasteiger partial charge in [-0.1, -0.05) is 30.0 Å². The Morgan fingerprint density at radius 2 is 1.89 bits per heavy atom. The Hall–Kier alpha value is -3.93. The van der Waals surface area contributed by atoms with Crippen LogP contribution in [0.5, 0.6) is 5.75 Å². The van der Waals surface area contributed by atoms with Gasteiger partial charge in [0.25, 0.3) is 11.5 Å². The van der Waals surface area contributed by atoms with Crippen molar-refractivity contribution in [3.63, 3.8) is 0 Å². The number of anilines is 1. The van der Waals surface area contributed by atoms with Crippen LogP contribution in [0.4, 0.5) is 11.4 Å².